The molecule has 0 heterocycles. The molecule has 0 aliphatic heterocycles. The van der Waals surface area contributed by atoms with Crippen molar-refractivity contribution in [3.05, 3.63) is 28.8 Å². The summed E-state index contributed by atoms with van der Waals surface area (Å²) >= 11 is 6.14. The number of aliphatic imine (C=N–C) groups is 1. The summed E-state index contributed by atoms with van der Waals surface area (Å²) in [5, 5.41) is 0.655. The number of halogens is 1. The van der Waals surface area contributed by atoms with Crippen LogP contribution in [0, 0.1) is 0 Å². The first-order valence-corrected chi connectivity index (χ1v) is 8.57. The molecule has 0 aliphatic rings. The maximum Gasteiger partial charge on any atom is 0.394 e. The minimum absolute atomic E-state index is 0.136. The van der Waals surface area contributed by atoms with E-state index >= 15 is 0 Å². The van der Waals surface area contributed by atoms with E-state index < -0.39 is 10.4 Å². The van der Waals surface area contributed by atoms with Crippen LogP contribution in [-0.4, -0.2) is 36.6 Å². The van der Waals surface area contributed by atoms with Gasteiger partial charge in [0.15, 0.2) is 5.96 Å². The van der Waals surface area contributed by atoms with Gasteiger partial charge in [-0.15, -0.1) is 0 Å². The molecular formula is C13H22ClN3O5S. The number of benzene rings is 1. The van der Waals surface area contributed by atoms with Gasteiger partial charge in [0.25, 0.3) is 0 Å². The van der Waals surface area contributed by atoms with Gasteiger partial charge in [-0.25, -0.2) is 0 Å². The predicted molar refractivity (Wildman–Crippen MR) is 90.4 cm³/mol. The van der Waals surface area contributed by atoms with Gasteiger partial charge >= 0.3 is 10.4 Å². The average Bonchev–Trinajstić information content (AvgIpc) is 2.40. The number of aryl methyl sites for hydroxylation is 1. The van der Waals surface area contributed by atoms with E-state index in [1.165, 1.54) is 0 Å². The quantitative estimate of drug-likeness (QED) is 0.248. The Hall–Kier alpha value is -1.55. The Morgan fingerprint density at radius 1 is 1.35 bits per heavy atom. The summed E-state index contributed by atoms with van der Waals surface area (Å²) < 4.78 is 37.1. The molecule has 0 radical (unpaired) electrons. The third-order valence-electron chi connectivity index (χ3n) is 2.38. The van der Waals surface area contributed by atoms with E-state index in [4.69, 9.17) is 45.3 Å². The number of hydrogen-bond acceptors (Lipinski definition) is 4. The van der Waals surface area contributed by atoms with E-state index in [1.807, 2.05) is 18.2 Å². The summed E-state index contributed by atoms with van der Waals surface area (Å²) in [4.78, 5) is 3.93. The van der Waals surface area contributed by atoms with E-state index in [0.29, 0.717) is 18.2 Å². The first-order chi connectivity index (χ1) is 10.6. The Kier molecular flexibility index (Phi) is 10.3. The fourth-order valence-electron chi connectivity index (χ4n) is 1.52. The van der Waals surface area contributed by atoms with Gasteiger partial charge in [0.05, 0.1) is 11.6 Å². The van der Waals surface area contributed by atoms with E-state index in [0.717, 1.165) is 30.6 Å². The zero-order valence-corrected chi connectivity index (χ0v) is 14.3. The lowest BCUT2D eigenvalue weighted by atomic mass is 10.1. The molecule has 0 amide bonds. The van der Waals surface area contributed by atoms with Crippen molar-refractivity contribution < 1.29 is 22.3 Å². The first-order valence-electron chi connectivity index (χ1n) is 6.80. The molecule has 132 valence electrons. The van der Waals surface area contributed by atoms with Gasteiger partial charge in [0.2, 0.25) is 0 Å². The molecule has 0 atom stereocenters. The number of rotatable bonds is 7. The van der Waals surface area contributed by atoms with E-state index in [1.54, 1.807) is 0 Å². The van der Waals surface area contributed by atoms with Crippen LogP contribution in [0.3, 0.4) is 0 Å². The molecule has 10 heteroatoms. The molecule has 0 unspecified atom stereocenters. The van der Waals surface area contributed by atoms with Gasteiger partial charge in [-0.3, -0.25) is 14.1 Å². The van der Waals surface area contributed by atoms with Gasteiger partial charge < -0.3 is 16.2 Å². The van der Waals surface area contributed by atoms with Gasteiger partial charge in [-0.05, 0) is 37.0 Å². The molecule has 0 aromatic heterocycles. The van der Waals surface area contributed by atoms with Gasteiger partial charge in [-0.1, -0.05) is 24.6 Å². The summed E-state index contributed by atoms with van der Waals surface area (Å²) in [7, 11) is -4.67. The van der Waals surface area contributed by atoms with E-state index in [9.17, 15) is 0 Å². The molecule has 1 rings (SSSR count). The highest BCUT2D eigenvalue weighted by atomic mass is 35.5. The van der Waals surface area contributed by atoms with Gasteiger partial charge in [-0.2, -0.15) is 8.42 Å². The summed E-state index contributed by atoms with van der Waals surface area (Å²) in [6.07, 6.45) is 2.75. The van der Waals surface area contributed by atoms with Crippen molar-refractivity contribution in [1.82, 2.24) is 0 Å². The smallest absolute Gasteiger partial charge is 0.394 e. The van der Waals surface area contributed by atoms with Gasteiger partial charge in [0.1, 0.15) is 5.75 Å². The van der Waals surface area contributed by atoms with Gasteiger partial charge in [0, 0.05) is 6.54 Å². The van der Waals surface area contributed by atoms with Crippen molar-refractivity contribution in [2.45, 2.75) is 26.2 Å². The van der Waals surface area contributed by atoms with Crippen molar-refractivity contribution in [1.29, 1.82) is 0 Å². The van der Waals surface area contributed by atoms with Crippen LogP contribution in [0.4, 0.5) is 0 Å². The standard InChI is InChI=1S/C13H20ClN3O.H2O4S/c1-2-8-18-12-6-5-10(9-11(12)14)4-3-7-17-13(15)16;1-5(2,3)4/h5-6,9H,2-4,7-8H2,1H3,(H4,15,16,17);(H2,1,2,3,4). The third kappa shape index (κ3) is 13.8. The minimum atomic E-state index is -4.67. The molecule has 0 saturated carbocycles. The van der Waals surface area contributed by atoms with Crippen molar-refractivity contribution in [3.8, 4) is 5.75 Å². The van der Waals surface area contributed by atoms with Crippen LogP contribution >= 0.6 is 11.6 Å². The van der Waals surface area contributed by atoms with Crippen molar-refractivity contribution in [2.24, 2.45) is 16.5 Å². The van der Waals surface area contributed by atoms with Crippen LogP contribution in [0.1, 0.15) is 25.3 Å². The third-order valence-corrected chi connectivity index (χ3v) is 2.67. The molecule has 23 heavy (non-hydrogen) atoms. The zero-order valence-electron chi connectivity index (χ0n) is 12.8. The Morgan fingerprint density at radius 3 is 2.43 bits per heavy atom. The Bertz CT molecular complexity index is 596. The van der Waals surface area contributed by atoms with Crippen LogP contribution in [-0.2, 0) is 16.8 Å². The van der Waals surface area contributed by atoms with Crippen LogP contribution in [0.25, 0.3) is 0 Å². The second kappa shape index (κ2) is 11.1. The maximum absolute atomic E-state index is 8.74. The molecular weight excluding hydrogens is 346 g/mol. The lowest BCUT2D eigenvalue weighted by Gasteiger charge is -2.08. The molecule has 8 nitrogen and oxygen atoms in total. The second-order valence-electron chi connectivity index (χ2n) is 4.47. The zero-order chi connectivity index (χ0) is 17.9. The summed E-state index contributed by atoms with van der Waals surface area (Å²) in [6.45, 7) is 3.38. The van der Waals surface area contributed by atoms with E-state index in [2.05, 4.69) is 11.9 Å². The summed E-state index contributed by atoms with van der Waals surface area (Å²) in [5.41, 5.74) is 11.7. The fraction of sp³-hybridized carbons (Fsp3) is 0.462. The molecule has 0 fully saturated rings. The fourth-order valence-corrected chi connectivity index (χ4v) is 1.78. The number of hydrogen-bond donors (Lipinski definition) is 4. The molecule has 6 N–H and O–H groups in total. The second-order valence-corrected chi connectivity index (χ2v) is 5.77. The number of guanidine groups is 1. The normalized spacial score (nSPS) is 10.4. The highest BCUT2D eigenvalue weighted by molar-refractivity contribution is 7.79. The first kappa shape index (κ1) is 21.4. The summed E-state index contributed by atoms with van der Waals surface area (Å²) in [6, 6.07) is 5.86. The van der Waals surface area contributed by atoms with Crippen molar-refractivity contribution in [2.75, 3.05) is 13.2 Å². The highest BCUT2D eigenvalue weighted by Gasteiger charge is 2.02. The average molecular weight is 368 g/mol. The lowest BCUT2D eigenvalue weighted by molar-refractivity contribution is 0.317. The topological polar surface area (TPSA) is 148 Å². The largest absolute Gasteiger partial charge is 0.492 e. The van der Waals surface area contributed by atoms with Crippen molar-refractivity contribution in [3.63, 3.8) is 0 Å². The maximum atomic E-state index is 8.74. The number of nitrogens with zero attached hydrogens (tertiary/aromatic N) is 1. The minimum Gasteiger partial charge on any atom is -0.492 e. The number of ether oxygens (including phenoxy) is 1. The van der Waals surface area contributed by atoms with Crippen LogP contribution in [0.5, 0.6) is 5.75 Å². The Balaban J connectivity index is 0.000000841. The molecule has 1 aromatic rings. The Labute approximate surface area is 141 Å². The lowest BCUT2D eigenvalue weighted by Crippen LogP contribution is -2.23. The SMILES string of the molecule is CCCOc1ccc(CCCN=C(N)N)cc1Cl.O=S(=O)(O)O. The molecule has 0 aliphatic carbocycles. The molecule has 1 aromatic carbocycles. The highest BCUT2D eigenvalue weighted by Crippen LogP contribution is 2.26. The monoisotopic (exact) mass is 367 g/mol. The molecule has 0 spiro atoms. The Morgan fingerprint density at radius 2 is 1.96 bits per heavy atom. The molecule has 0 bridgehead atoms. The van der Waals surface area contributed by atoms with Crippen LogP contribution < -0.4 is 16.2 Å². The predicted octanol–water partition coefficient (Wildman–Crippen LogP) is 1.68. The van der Waals surface area contributed by atoms with Crippen LogP contribution in [0.2, 0.25) is 5.02 Å². The number of nitrogens with two attached hydrogens (primary N) is 2. The van der Waals surface area contributed by atoms with Crippen LogP contribution in [0.15, 0.2) is 23.2 Å². The molecule has 0 saturated heterocycles. The van der Waals surface area contributed by atoms with Crippen molar-refractivity contribution >= 4 is 28.0 Å². The van der Waals surface area contributed by atoms with E-state index in [-0.39, 0.29) is 5.96 Å². The summed E-state index contributed by atoms with van der Waals surface area (Å²) in [5.74, 6) is 0.878.